The van der Waals surface area contributed by atoms with Gasteiger partial charge in [-0.25, -0.2) is 4.79 Å². The van der Waals surface area contributed by atoms with E-state index in [2.05, 4.69) is 0 Å². The van der Waals surface area contributed by atoms with Crippen LogP contribution in [-0.4, -0.2) is 52.4 Å². The van der Waals surface area contributed by atoms with Crippen molar-refractivity contribution in [1.29, 1.82) is 0 Å². The Morgan fingerprint density at radius 3 is 2.26 bits per heavy atom. The van der Waals surface area contributed by atoms with Crippen LogP contribution in [0.1, 0.15) is 27.0 Å². The molecular formula is C15H17FN2O9. The fraction of sp³-hybridized carbons (Fsp3) is 0.533. The third-order valence-electron chi connectivity index (χ3n) is 3.54. The van der Waals surface area contributed by atoms with Crippen LogP contribution >= 0.6 is 0 Å². The van der Waals surface area contributed by atoms with E-state index >= 15 is 0 Å². The number of aromatic nitrogens is 2. The van der Waals surface area contributed by atoms with Gasteiger partial charge in [0.2, 0.25) is 5.82 Å². The lowest BCUT2D eigenvalue weighted by molar-refractivity contribution is -0.166. The molecule has 0 saturated carbocycles. The van der Waals surface area contributed by atoms with Crippen LogP contribution in [-0.2, 0) is 33.3 Å². The van der Waals surface area contributed by atoms with E-state index in [1.165, 1.54) is 0 Å². The molecule has 1 aliphatic heterocycles. The Morgan fingerprint density at radius 1 is 1.11 bits per heavy atom. The molecule has 0 aromatic carbocycles. The summed E-state index contributed by atoms with van der Waals surface area (Å²) in [6.07, 6.45) is -4.61. The molecule has 0 spiro atoms. The van der Waals surface area contributed by atoms with Crippen molar-refractivity contribution < 1.29 is 37.7 Å². The molecule has 0 radical (unpaired) electrons. The first-order valence-electron chi connectivity index (χ1n) is 7.74. The van der Waals surface area contributed by atoms with E-state index in [4.69, 9.17) is 18.9 Å². The van der Waals surface area contributed by atoms with E-state index in [0.29, 0.717) is 10.8 Å². The third kappa shape index (κ3) is 4.78. The van der Waals surface area contributed by atoms with Crippen LogP contribution in [0.3, 0.4) is 0 Å². The van der Waals surface area contributed by atoms with Crippen molar-refractivity contribution in [3.8, 4) is 0 Å². The van der Waals surface area contributed by atoms with Crippen molar-refractivity contribution in [3.63, 3.8) is 0 Å². The molecule has 1 fully saturated rings. The van der Waals surface area contributed by atoms with Gasteiger partial charge in [-0.05, 0) is 0 Å². The van der Waals surface area contributed by atoms with Crippen LogP contribution in [0.25, 0.3) is 0 Å². The number of aromatic amines is 1. The molecule has 1 aromatic rings. The molecule has 11 nitrogen and oxygen atoms in total. The van der Waals surface area contributed by atoms with E-state index in [0.717, 1.165) is 20.8 Å². The molecule has 1 N–H and O–H groups in total. The highest BCUT2D eigenvalue weighted by molar-refractivity contribution is 5.67. The van der Waals surface area contributed by atoms with Crippen LogP contribution in [0.2, 0.25) is 0 Å². The number of hydrogen-bond donors (Lipinski definition) is 1. The maximum atomic E-state index is 13.6. The molecule has 0 bridgehead atoms. The highest BCUT2D eigenvalue weighted by Crippen LogP contribution is 2.33. The quantitative estimate of drug-likeness (QED) is 0.496. The Labute approximate surface area is 151 Å². The maximum absolute atomic E-state index is 13.6. The molecular weight excluding hydrogens is 371 g/mol. The summed E-state index contributed by atoms with van der Waals surface area (Å²) >= 11 is 0. The summed E-state index contributed by atoms with van der Waals surface area (Å²) in [5.41, 5.74) is -2.29. The number of nitrogens with one attached hydrogen (secondary N) is 1. The van der Waals surface area contributed by atoms with Gasteiger partial charge in [-0.1, -0.05) is 0 Å². The average molecular weight is 388 g/mol. The molecule has 27 heavy (non-hydrogen) atoms. The number of carbonyl (C=O) groups is 3. The molecule has 0 aliphatic carbocycles. The van der Waals surface area contributed by atoms with Gasteiger partial charge in [0.25, 0.3) is 5.56 Å². The number of rotatable bonds is 5. The van der Waals surface area contributed by atoms with Gasteiger partial charge in [-0.15, -0.1) is 0 Å². The van der Waals surface area contributed by atoms with Gasteiger partial charge in [-0.2, -0.15) is 4.39 Å². The first-order chi connectivity index (χ1) is 12.6. The standard InChI is InChI=1S/C15H17FN2O9/c1-6(19)24-5-10-11(25-7(2)20)12(26-8(3)21)14(27-10)18-4-9(16)13(22)17-15(18)23/h4,10-12,14H,5H2,1-3H3,(H,17,22,23)/t10-,11-,12-,14-/m0/s1. The molecule has 0 amide bonds. The monoisotopic (exact) mass is 388 g/mol. The van der Waals surface area contributed by atoms with Gasteiger partial charge in [-0.3, -0.25) is 28.7 Å². The zero-order valence-corrected chi connectivity index (χ0v) is 14.6. The van der Waals surface area contributed by atoms with Crippen LogP contribution in [0.4, 0.5) is 4.39 Å². The summed E-state index contributed by atoms with van der Waals surface area (Å²) in [5, 5.41) is 0. The number of esters is 3. The summed E-state index contributed by atoms with van der Waals surface area (Å²) in [6, 6.07) is 0. The molecule has 1 saturated heterocycles. The minimum absolute atomic E-state index is 0.387. The molecule has 0 unspecified atom stereocenters. The van der Waals surface area contributed by atoms with Crippen LogP contribution in [0.5, 0.6) is 0 Å². The van der Waals surface area contributed by atoms with Crippen LogP contribution in [0, 0.1) is 5.82 Å². The molecule has 12 heteroatoms. The number of ether oxygens (including phenoxy) is 4. The van der Waals surface area contributed by atoms with Gasteiger partial charge in [0.1, 0.15) is 12.7 Å². The van der Waals surface area contributed by atoms with Gasteiger partial charge < -0.3 is 18.9 Å². The number of carbonyl (C=O) groups excluding carboxylic acids is 3. The van der Waals surface area contributed by atoms with Gasteiger partial charge in [0.05, 0.1) is 6.20 Å². The van der Waals surface area contributed by atoms with Crippen LogP contribution in [0.15, 0.2) is 15.8 Å². The Bertz CT molecular complexity index is 862. The first kappa shape index (κ1) is 20.3. The van der Waals surface area contributed by atoms with Gasteiger partial charge in [0.15, 0.2) is 18.4 Å². The van der Waals surface area contributed by atoms with E-state index in [1.807, 2.05) is 0 Å². The summed E-state index contributed by atoms with van der Waals surface area (Å²) in [5.74, 6) is -3.49. The van der Waals surface area contributed by atoms with Crippen LogP contribution < -0.4 is 11.2 Å². The SMILES string of the molecule is CC(=O)OC[C@@H]1O[C@H](n2cc(F)c(=O)[nH]c2=O)[C@@H](OC(C)=O)[C@H]1OC(C)=O. The predicted molar refractivity (Wildman–Crippen MR) is 82.9 cm³/mol. The second-order valence-electron chi connectivity index (χ2n) is 5.66. The lowest BCUT2D eigenvalue weighted by atomic mass is 10.1. The largest absolute Gasteiger partial charge is 0.463 e. The fourth-order valence-electron chi connectivity index (χ4n) is 2.57. The zero-order valence-electron chi connectivity index (χ0n) is 14.6. The van der Waals surface area contributed by atoms with Crippen molar-refractivity contribution in [2.45, 2.75) is 45.3 Å². The Morgan fingerprint density at radius 2 is 1.70 bits per heavy atom. The number of hydrogen-bond acceptors (Lipinski definition) is 9. The highest BCUT2D eigenvalue weighted by Gasteiger charge is 2.51. The summed E-state index contributed by atoms with van der Waals surface area (Å²) in [7, 11) is 0. The number of nitrogens with zero attached hydrogens (tertiary/aromatic N) is 1. The second kappa shape index (κ2) is 8.12. The Kier molecular flexibility index (Phi) is 6.10. The van der Waals surface area contributed by atoms with Crippen molar-refractivity contribution in [1.82, 2.24) is 9.55 Å². The number of halogens is 1. The Balaban J connectivity index is 2.47. The maximum Gasteiger partial charge on any atom is 0.330 e. The molecule has 4 atom stereocenters. The first-order valence-corrected chi connectivity index (χ1v) is 7.74. The lowest BCUT2D eigenvalue weighted by Crippen LogP contribution is -2.42. The Hall–Kier alpha value is -3.02. The average Bonchev–Trinajstić information content (AvgIpc) is 2.85. The van der Waals surface area contributed by atoms with E-state index in [1.54, 1.807) is 4.98 Å². The lowest BCUT2D eigenvalue weighted by Gasteiger charge is -2.23. The molecule has 148 valence electrons. The second-order valence-corrected chi connectivity index (χ2v) is 5.66. The molecule has 2 rings (SSSR count). The minimum Gasteiger partial charge on any atom is -0.463 e. The van der Waals surface area contributed by atoms with E-state index in [-0.39, 0.29) is 6.61 Å². The van der Waals surface area contributed by atoms with Crippen molar-refractivity contribution in [2.75, 3.05) is 6.61 Å². The van der Waals surface area contributed by atoms with Gasteiger partial charge in [0, 0.05) is 20.8 Å². The summed E-state index contributed by atoms with van der Waals surface area (Å²) in [6.45, 7) is 2.91. The summed E-state index contributed by atoms with van der Waals surface area (Å²) in [4.78, 5) is 58.9. The summed E-state index contributed by atoms with van der Waals surface area (Å²) < 4.78 is 34.9. The number of H-pyrrole nitrogens is 1. The normalized spacial score (nSPS) is 24.3. The topological polar surface area (TPSA) is 143 Å². The van der Waals surface area contributed by atoms with E-state index in [9.17, 15) is 28.4 Å². The molecule has 1 aromatic heterocycles. The van der Waals surface area contributed by atoms with Crippen molar-refractivity contribution in [2.24, 2.45) is 0 Å². The zero-order chi connectivity index (χ0) is 20.3. The van der Waals surface area contributed by atoms with Crippen molar-refractivity contribution in [3.05, 3.63) is 32.9 Å². The molecule has 1 aliphatic rings. The molecule has 2 heterocycles. The van der Waals surface area contributed by atoms with E-state index < -0.39 is 59.5 Å². The minimum atomic E-state index is -1.45. The highest BCUT2D eigenvalue weighted by atomic mass is 19.1. The third-order valence-corrected chi connectivity index (χ3v) is 3.54. The predicted octanol–water partition coefficient (Wildman–Crippen LogP) is -1.00. The fourth-order valence-corrected chi connectivity index (χ4v) is 2.57. The van der Waals surface area contributed by atoms with Crippen molar-refractivity contribution >= 4 is 17.9 Å². The van der Waals surface area contributed by atoms with Gasteiger partial charge >= 0.3 is 23.6 Å². The smallest absolute Gasteiger partial charge is 0.330 e.